The minimum atomic E-state index is 0.328. The molecule has 2 fully saturated rings. The molecule has 3 rings (SSSR count). The van der Waals surface area contributed by atoms with Crippen LogP contribution in [0.15, 0.2) is 24.3 Å². The minimum absolute atomic E-state index is 0.328. The van der Waals surface area contributed by atoms with E-state index in [0.29, 0.717) is 18.6 Å². The van der Waals surface area contributed by atoms with Crippen LogP contribution in [0.1, 0.15) is 43.7 Å². The standard InChI is InChI=1S/C17H24ClNO/c18-16-8-6-15(7-9-16)17(14-4-1-5-14)19-10-2-3-13(11-19)12-20/h6-9,13-14,17,20H,1-5,10-12H2/t13?,17-/m1/s1. The van der Waals surface area contributed by atoms with Crippen LogP contribution in [0.3, 0.4) is 0 Å². The predicted octanol–water partition coefficient (Wildman–Crippen LogP) is 3.89. The van der Waals surface area contributed by atoms with Gasteiger partial charge < -0.3 is 5.11 Å². The second-order valence-electron chi connectivity index (χ2n) is 6.37. The highest BCUT2D eigenvalue weighted by Gasteiger charge is 2.35. The molecule has 1 unspecified atom stereocenters. The molecule has 1 heterocycles. The lowest BCUT2D eigenvalue weighted by Crippen LogP contribution is -2.43. The number of halogens is 1. The molecule has 2 atom stereocenters. The summed E-state index contributed by atoms with van der Waals surface area (Å²) in [6, 6.07) is 8.92. The number of rotatable bonds is 4. The van der Waals surface area contributed by atoms with Crippen molar-refractivity contribution in [3.63, 3.8) is 0 Å². The molecule has 0 spiro atoms. The first-order valence-electron chi connectivity index (χ1n) is 7.88. The van der Waals surface area contributed by atoms with E-state index in [0.717, 1.165) is 17.5 Å². The van der Waals surface area contributed by atoms with Gasteiger partial charge >= 0.3 is 0 Å². The number of likely N-dealkylation sites (tertiary alicyclic amines) is 1. The molecule has 1 aliphatic heterocycles. The van der Waals surface area contributed by atoms with Crippen molar-refractivity contribution in [1.82, 2.24) is 4.90 Å². The van der Waals surface area contributed by atoms with E-state index in [1.165, 1.54) is 44.2 Å². The summed E-state index contributed by atoms with van der Waals surface area (Å²) in [5.74, 6) is 1.24. The largest absolute Gasteiger partial charge is 0.396 e. The van der Waals surface area contributed by atoms with Gasteiger partial charge in [0.2, 0.25) is 0 Å². The Bertz CT molecular complexity index is 429. The molecule has 110 valence electrons. The molecule has 1 saturated heterocycles. The Balaban J connectivity index is 1.80. The van der Waals surface area contributed by atoms with Crippen molar-refractivity contribution < 1.29 is 5.11 Å². The SMILES string of the molecule is OCC1CCCN([C@@H](c2ccc(Cl)cc2)C2CCC2)C1. The van der Waals surface area contributed by atoms with Gasteiger partial charge in [0.15, 0.2) is 0 Å². The van der Waals surface area contributed by atoms with Crippen molar-refractivity contribution in [3.8, 4) is 0 Å². The molecule has 1 aliphatic carbocycles. The van der Waals surface area contributed by atoms with Crippen LogP contribution in [0.5, 0.6) is 0 Å². The Labute approximate surface area is 126 Å². The highest BCUT2D eigenvalue weighted by molar-refractivity contribution is 6.30. The van der Waals surface area contributed by atoms with Gasteiger partial charge in [-0.25, -0.2) is 0 Å². The van der Waals surface area contributed by atoms with Crippen molar-refractivity contribution in [2.24, 2.45) is 11.8 Å². The molecule has 2 nitrogen and oxygen atoms in total. The lowest BCUT2D eigenvalue weighted by atomic mass is 9.75. The van der Waals surface area contributed by atoms with Crippen molar-refractivity contribution in [2.75, 3.05) is 19.7 Å². The first-order chi connectivity index (χ1) is 9.78. The van der Waals surface area contributed by atoms with Gasteiger partial charge in [-0.2, -0.15) is 0 Å². The molecule has 1 aromatic rings. The Morgan fingerprint density at radius 1 is 1.15 bits per heavy atom. The summed E-state index contributed by atoms with van der Waals surface area (Å²) in [5, 5.41) is 10.3. The van der Waals surface area contributed by atoms with Gasteiger partial charge in [0.05, 0.1) is 0 Å². The molecular weight excluding hydrogens is 270 g/mol. The molecule has 3 heteroatoms. The molecule has 20 heavy (non-hydrogen) atoms. The summed E-state index contributed by atoms with van der Waals surface area (Å²) >= 11 is 6.03. The maximum Gasteiger partial charge on any atom is 0.0471 e. The van der Waals surface area contributed by atoms with Crippen molar-refractivity contribution in [2.45, 2.75) is 38.1 Å². The zero-order chi connectivity index (χ0) is 13.9. The number of hydrogen-bond acceptors (Lipinski definition) is 2. The first kappa shape index (κ1) is 14.4. The fourth-order valence-corrected chi connectivity index (χ4v) is 3.82. The van der Waals surface area contributed by atoms with Gasteiger partial charge in [-0.05, 0) is 61.8 Å². The summed E-state index contributed by atoms with van der Waals surface area (Å²) in [7, 11) is 0. The fraction of sp³-hybridized carbons (Fsp3) is 0.647. The maximum atomic E-state index is 9.46. The van der Waals surface area contributed by atoms with E-state index in [-0.39, 0.29) is 0 Å². The maximum absolute atomic E-state index is 9.46. The zero-order valence-electron chi connectivity index (χ0n) is 12.0. The van der Waals surface area contributed by atoms with Gasteiger partial charge in [0.25, 0.3) is 0 Å². The van der Waals surface area contributed by atoms with Crippen molar-refractivity contribution in [1.29, 1.82) is 0 Å². The van der Waals surface area contributed by atoms with Crippen LogP contribution in [0.25, 0.3) is 0 Å². The number of hydrogen-bond donors (Lipinski definition) is 1. The third kappa shape index (κ3) is 3.03. The minimum Gasteiger partial charge on any atom is -0.396 e. The molecule has 1 aromatic carbocycles. The average Bonchev–Trinajstić information content (AvgIpc) is 2.44. The Morgan fingerprint density at radius 2 is 1.90 bits per heavy atom. The molecule has 0 aromatic heterocycles. The molecule has 0 amide bonds. The average molecular weight is 294 g/mol. The number of piperidine rings is 1. The van der Waals surface area contributed by atoms with Crippen LogP contribution in [-0.2, 0) is 0 Å². The Kier molecular flexibility index (Phi) is 4.65. The molecule has 2 aliphatic rings. The molecule has 0 radical (unpaired) electrons. The Hall–Kier alpha value is -0.570. The van der Waals surface area contributed by atoms with Gasteiger partial charge in [0.1, 0.15) is 0 Å². The number of benzene rings is 1. The van der Waals surface area contributed by atoms with Crippen LogP contribution in [-0.4, -0.2) is 29.7 Å². The number of aliphatic hydroxyl groups excluding tert-OH is 1. The summed E-state index contributed by atoms with van der Waals surface area (Å²) in [6.07, 6.45) is 6.43. The lowest BCUT2D eigenvalue weighted by Gasteiger charge is -2.44. The van der Waals surface area contributed by atoms with E-state index in [2.05, 4.69) is 17.0 Å². The summed E-state index contributed by atoms with van der Waals surface area (Å²) in [5.41, 5.74) is 1.40. The normalized spacial score (nSPS) is 26.2. The van der Waals surface area contributed by atoms with Gasteiger partial charge in [-0.15, -0.1) is 0 Å². The van der Waals surface area contributed by atoms with E-state index in [1.54, 1.807) is 0 Å². The zero-order valence-corrected chi connectivity index (χ0v) is 12.7. The van der Waals surface area contributed by atoms with Crippen molar-refractivity contribution >= 4 is 11.6 Å². The van der Waals surface area contributed by atoms with Crippen LogP contribution >= 0.6 is 11.6 Å². The van der Waals surface area contributed by atoms with E-state index >= 15 is 0 Å². The van der Waals surface area contributed by atoms with E-state index in [9.17, 15) is 5.11 Å². The van der Waals surface area contributed by atoms with Crippen LogP contribution in [0.2, 0.25) is 5.02 Å². The fourth-order valence-electron chi connectivity index (χ4n) is 3.70. The molecular formula is C17H24ClNO. The highest BCUT2D eigenvalue weighted by atomic mass is 35.5. The molecule has 0 bridgehead atoms. The van der Waals surface area contributed by atoms with Crippen LogP contribution in [0.4, 0.5) is 0 Å². The van der Waals surface area contributed by atoms with Crippen LogP contribution in [0, 0.1) is 11.8 Å². The van der Waals surface area contributed by atoms with E-state index in [4.69, 9.17) is 11.6 Å². The number of aliphatic hydroxyl groups is 1. The first-order valence-corrected chi connectivity index (χ1v) is 8.26. The third-order valence-corrected chi connectivity index (χ3v) is 5.26. The van der Waals surface area contributed by atoms with Crippen molar-refractivity contribution in [3.05, 3.63) is 34.9 Å². The van der Waals surface area contributed by atoms with Gasteiger partial charge in [0, 0.05) is 24.2 Å². The van der Waals surface area contributed by atoms with Gasteiger partial charge in [-0.3, -0.25) is 4.90 Å². The second-order valence-corrected chi connectivity index (χ2v) is 6.81. The van der Waals surface area contributed by atoms with Crippen LogP contribution < -0.4 is 0 Å². The lowest BCUT2D eigenvalue weighted by molar-refractivity contribution is 0.0402. The summed E-state index contributed by atoms with van der Waals surface area (Å²) < 4.78 is 0. The van der Waals surface area contributed by atoms with Gasteiger partial charge in [-0.1, -0.05) is 30.2 Å². The second kappa shape index (κ2) is 6.46. The van der Waals surface area contributed by atoms with E-state index < -0.39 is 0 Å². The quantitative estimate of drug-likeness (QED) is 0.910. The monoisotopic (exact) mass is 293 g/mol. The topological polar surface area (TPSA) is 23.5 Å². The predicted molar refractivity (Wildman–Crippen MR) is 82.9 cm³/mol. The Morgan fingerprint density at radius 3 is 2.50 bits per heavy atom. The molecule has 1 N–H and O–H groups in total. The molecule has 1 saturated carbocycles. The third-order valence-electron chi connectivity index (χ3n) is 5.01. The smallest absolute Gasteiger partial charge is 0.0471 e. The summed E-state index contributed by atoms with van der Waals surface area (Å²) in [6.45, 7) is 2.54. The van der Waals surface area contributed by atoms with E-state index in [1.807, 2.05) is 12.1 Å². The summed E-state index contributed by atoms with van der Waals surface area (Å²) in [4.78, 5) is 2.61. The highest BCUT2D eigenvalue weighted by Crippen LogP contribution is 2.42. The number of nitrogens with zero attached hydrogens (tertiary/aromatic N) is 1.